The topological polar surface area (TPSA) is 343 Å². The highest BCUT2D eigenvalue weighted by molar-refractivity contribution is 7.15. The van der Waals surface area contributed by atoms with Crippen molar-refractivity contribution in [2.45, 2.75) is 152 Å². The molecule has 0 spiro atoms. The molecule has 0 aliphatic heterocycles. The molecule has 0 fully saturated rings. The third-order valence-electron chi connectivity index (χ3n) is 21.7. The first-order valence-electron chi connectivity index (χ1n) is 44.0. The normalized spacial score (nSPS) is 11.0. The van der Waals surface area contributed by atoms with E-state index in [4.69, 9.17) is 18.9 Å². The molecule has 16 rings (SSSR count). The molecule has 0 unspecified atom stereocenters. The molecule has 6 aromatic carbocycles. The molecule has 0 atom stereocenters. The van der Waals surface area contributed by atoms with Crippen molar-refractivity contribution in [2.24, 2.45) is 0 Å². The van der Waals surface area contributed by atoms with Crippen molar-refractivity contribution in [1.29, 1.82) is 0 Å². The van der Waals surface area contributed by atoms with Gasteiger partial charge in [0.2, 0.25) is 0 Å². The summed E-state index contributed by atoms with van der Waals surface area (Å²) in [6, 6.07) is 60.2. The molecule has 0 aliphatic rings. The van der Waals surface area contributed by atoms with E-state index < -0.39 is 0 Å². The molecule has 0 saturated carbocycles. The van der Waals surface area contributed by atoms with Crippen molar-refractivity contribution in [3.63, 3.8) is 0 Å². The Bertz CT molecular complexity index is 6410. The zero-order valence-corrected chi connectivity index (χ0v) is 75.3. The van der Waals surface area contributed by atoms with E-state index in [1.807, 2.05) is 209 Å². The number of aromatic amines is 8. The lowest BCUT2D eigenvalue weighted by Crippen LogP contribution is -2.13. The Balaban J connectivity index is 0.000000146. The van der Waals surface area contributed by atoms with E-state index in [9.17, 15) is 19.2 Å². The summed E-state index contributed by atoms with van der Waals surface area (Å²) in [7, 11) is 4.00. The van der Waals surface area contributed by atoms with Crippen LogP contribution in [0, 0.1) is 13.8 Å². The predicted molar refractivity (Wildman–Crippen MR) is 513 cm³/mol. The van der Waals surface area contributed by atoms with Gasteiger partial charge in [0.15, 0.2) is 23.3 Å². The number of nitrogens with one attached hydrogen (secondary N) is 8. The first-order chi connectivity index (χ1) is 62.4. The molecule has 0 aliphatic carbocycles. The van der Waals surface area contributed by atoms with Crippen LogP contribution in [0.3, 0.4) is 0 Å². The fraction of sp³-hybridized carbons (Fsp3) is 0.287. The number of nitrogens with zero attached hydrogens (tertiary/aromatic N) is 10. The van der Waals surface area contributed by atoms with Gasteiger partial charge in [0.05, 0.1) is 48.7 Å². The summed E-state index contributed by atoms with van der Waals surface area (Å²) < 4.78 is 25.5. The van der Waals surface area contributed by atoms with Crippen LogP contribution in [0.2, 0.25) is 0 Å². The summed E-state index contributed by atoms with van der Waals surface area (Å²) in [5.74, 6) is 5.16. The van der Waals surface area contributed by atoms with Crippen molar-refractivity contribution < 1.29 is 18.9 Å². The van der Waals surface area contributed by atoms with Crippen molar-refractivity contribution >= 4 is 17.0 Å². The minimum Gasteiger partial charge on any atom is -0.494 e. The highest BCUT2D eigenvalue weighted by Crippen LogP contribution is 2.39. The molecule has 27 heteroatoms. The number of benzene rings is 6. The van der Waals surface area contributed by atoms with Crippen molar-refractivity contribution in [3.8, 4) is 157 Å². The number of unbranched alkanes of at least 4 members (excludes halogenated alkanes) is 8. The quantitative estimate of drug-likeness (QED) is 0.0171. The second-order valence-electron chi connectivity index (χ2n) is 31.7. The average molecular weight is 1740 g/mol. The van der Waals surface area contributed by atoms with Gasteiger partial charge in [0.1, 0.15) is 48.3 Å². The number of aromatic nitrogens is 17. The van der Waals surface area contributed by atoms with Gasteiger partial charge in [-0.1, -0.05) is 128 Å². The van der Waals surface area contributed by atoms with Gasteiger partial charge in [-0.25, -0.2) is 19.9 Å². The molecule has 0 bridgehead atoms. The van der Waals surface area contributed by atoms with Gasteiger partial charge in [-0.05, 0) is 244 Å². The van der Waals surface area contributed by atoms with Gasteiger partial charge in [0, 0.05) is 98.6 Å². The molecule has 10 aromatic heterocycles. The SMILES string of the molecule is CCCCCCOc1ccc(-c2cc(-c3ccc(N(C)C)cc3)c(-c3ncn[nH]3)c(=O)[nH]2)cc1.CCCCCCOc1ccc(-c2cc(-c3ccn(C(C)C)c3)c(-c3ncn[nH]3)c(=O)[nH]2)cc1.CCCCOc1ccc(-c2cc(-c3ccc(C)cc3)c(-c3ncn[nH]3)c(=O)[nH]2)cc1C.CCCCOc1ccc(-c2cc(-c3ccc(CC)s3)c(-c3ncn[nH]3)c(=O)[nH]2)cc1. The number of hydrogen-bond donors (Lipinski definition) is 8. The van der Waals surface area contributed by atoms with Crippen LogP contribution < -0.4 is 46.1 Å². The first kappa shape index (κ1) is 91.4. The van der Waals surface area contributed by atoms with E-state index in [1.165, 1.54) is 68.7 Å². The average Bonchev–Trinajstić information content (AvgIpc) is 0.871. The molecule has 16 aromatic rings. The van der Waals surface area contributed by atoms with Gasteiger partial charge < -0.3 is 48.4 Å². The Hall–Kier alpha value is -14.3. The standard InChI is InChI=1S/C27H31N5O2.C26H31N5O2.C25H26N4O2.C23H24N4O2S/c1-4-5-6-7-16-34-22-14-10-20(11-15-22)24-17-23(19-8-12-21(13-9-19)32(2)3)25(27(33)30-24)26-28-18-29-31-26;1-4-5-6-7-14-33-21-10-8-19(9-11-21)23-15-22(20-12-13-31(16-20)18(2)3)24(26(32)29-23)25-27-17-28-30-25;1-4-5-12-31-22-11-10-19(13-17(22)3)21-14-20(18-8-6-16(2)7-9-18)23(25(30)28-21)24-26-15-27-29-24;1-3-5-12-29-16-8-6-15(7-9-16)19-13-18(20-11-10-17(4-2)30-20)21(23(28)26-19)22-24-14-25-27-22/h8-15,17-18H,4-7,16H2,1-3H3,(H,30,33)(H,28,29,31);8-13,15-18H,4-7,14H2,1-3H3,(H,29,32)(H,27,28,30);6-11,13-15H,4-5,12H2,1-3H3,(H,28,30)(H,26,27,29);6-11,13-14H,3-5,12H2,1-2H3,(H,26,28)(H,24,25,27). The van der Waals surface area contributed by atoms with Crippen molar-refractivity contribution in [2.75, 3.05) is 45.4 Å². The van der Waals surface area contributed by atoms with Crippen molar-refractivity contribution in [3.05, 3.63) is 277 Å². The third-order valence-corrected chi connectivity index (χ3v) is 23.0. The summed E-state index contributed by atoms with van der Waals surface area (Å²) in [5, 5.41) is 27.0. The van der Waals surface area contributed by atoms with Crippen LogP contribution in [-0.4, -0.2) is 126 Å². The van der Waals surface area contributed by atoms with Crippen LogP contribution in [0.4, 0.5) is 5.69 Å². The van der Waals surface area contributed by atoms with Crippen LogP contribution in [0.5, 0.6) is 23.0 Å². The van der Waals surface area contributed by atoms with E-state index in [0.29, 0.717) is 64.8 Å². The van der Waals surface area contributed by atoms with Crippen LogP contribution in [0.15, 0.2) is 239 Å². The third kappa shape index (κ3) is 23.6. The minimum atomic E-state index is -0.225. The lowest BCUT2D eigenvalue weighted by atomic mass is 9.97. The maximum absolute atomic E-state index is 13.2. The van der Waals surface area contributed by atoms with Gasteiger partial charge in [-0.15, -0.1) is 11.3 Å². The number of anilines is 1. The molecule has 26 nitrogen and oxygen atoms in total. The number of aryl methyl sites for hydroxylation is 3. The van der Waals surface area contributed by atoms with Gasteiger partial charge >= 0.3 is 0 Å². The lowest BCUT2D eigenvalue weighted by molar-refractivity contribution is 0.305. The first-order valence-corrected chi connectivity index (χ1v) is 44.8. The van der Waals surface area contributed by atoms with Crippen LogP contribution >= 0.6 is 11.3 Å². The Kier molecular flexibility index (Phi) is 32.1. The number of H-pyrrole nitrogens is 8. The second kappa shape index (κ2) is 45.0. The number of hydrogen-bond acceptors (Lipinski definition) is 18. The molecule has 8 N–H and O–H groups in total. The van der Waals surface area contributed by atoms with E-state index in [0.717, 1.165) is 187 Å². The van der Waals surface area contributed by atoms with E-state index in [1.54, 1.807) is 11.3 Å². The number of ether oxygens (including phenoxy) is 4. The Labute approximate surface area is 748 Å². The Morgan fingerprint density at radius 2 is 0.742 bits per heavy atom. The summed E-state index contributed by atoms with van der Waals surface area (Å²) in [6.07, 6.45) is 24.3. The molecule has 10 heterocycles. The van der Waals surface area contributed by atoms with Crippen molar-refractivity contribution in [1.82, 2.24) is 85.2 Å². The monoisotopic (exact) mass is 1740 g/mol. The summed E-state index contributed by atoms with van der Waals surface area (Å²) in [6.45, 7) is 22.0. The molecular weight excluding hydrogens is 1630 g/mol. The Morgan fingerprint density at radius 1 is 0.375 bits per heavy atom. The Morgan fingerprint density at radius 3 is 1.11 bits per heavy atom. The lowest BCUT2D eigenvalue weighted by Gasteiger charge is -2.14. The minimum absolute atomic E-state index is 0.200. The molecular formula is C101H112N18O8S. The highest BCUT2D eigenvalue weighted by Gasteiger charge is 2.24. The highest BCUT2D eigenvalue weighted by atomic mass is 32.1. The number of pyridine rings is 4. The maximum Gasteiger partial charge on any atom is 0.260 e. The van der Waals surface area contributed by atoms with Gasteiger partial charge in [0.25, 0.3) is 22.2 Å². The molecule has 128 heavy (non-hydrogen) atoms. The van der Waals surface area contributed by atoms with Gasteiger partial charge in [-0.3, -0.25) is 39.6 Å². The fourth-order valence-corrected chi connectivity index (χ4v) is 15.5. The maximum atomic E-state index is 13.2. The fourth-order valence-electron chi connectivity index (χ4n) is 14.5. The van der Waals surface area contributed by atoms with Crippen LogP contribution in [-0.2, 0) is 6.42 Å². The zero-order valence-electron chi connectivity index (χ0n) is 74.5. The molecule has 0 amide bonds. The largest absolute Gasteiger partial charge is 0.494 e. The van der Waals surface area contributed by atoms with Crippen LogP contribution in [0.1, 0.15) is 148 Å². The molecule has 660 valence electrons. The van der Waals surface area contributed by atoms with Crippen LogP contribution in [0.25, 0.3) is 134 Å². The zero-order chi connectivity index (χ0) is 89.8. The summed E-state index contributed by atoms with van der Waals surface area (Å²) >= 11 is 1.69. The smallest absolute Gasteiger partial charge is 0.260 e. The second-order valence-corrected chi connectivity index (χ2v) is 32.9. The van der Waals surface area contributed by atoms with Gasteiger partial charge in [-0.2, -0.15) is 20.4 Å². The van der Waals surface area contributed by atoms with E-state index in [2.05, 4.69) is 152 Å². The summed E-state index contributed by atoms with van der Waals surface area (Å²) in [5.41, 5.74) is 17.0. The molecule has 0 radical (unpaired) electrons. The predicted octanol–water partition coefficient (Wildman–Crippen LogP) is 21.9. The summed E-state index contributed by atoms with van der Waals surface area (Å²) in [4.78, 5) is 85.8. The van der Waals surface area contributed by atoms with E-state index >= 15 is 0 Å². The number of rotatable bonds is 35. The number of thiophene rings is 1. The molecule has 0 saturated heterocycles. The van der Waals surface area contributed by atoms with E-state index in [-0.39, 0.29) is 22.2 Å².